The van der Waals surface area contributed by atoms with Crippen molar-refractivity contribution < 1.29 is 37.1 Å². The molecule has 1 amide bonds. The van der Waals surface area contributed by atoms with E-state index in [2.05, 4.69) is 5.32 Å². The van der Waals surface area contributed by atoms with Crippen molar-refractivity contribution in [2.45, 2.75) is 0 Å². The fraction of sp³-hybridized carbons (Fsp3) is 0.111. The predicted molar refractivity (Wildman–Crippen MR) is 46.4 cm³/mol. The van der Waals surface area contributed by atoms with Crippen molar-refractivity contribution in [2.24, 2.45) is 0 Å². The Morgan fingerprint density at radius 3 is 2.29 bits per heavy atom. The predicted octanol–water partition coefficient (Wildman–Crippen LogP) is 0.498. The molecule has 0 heterocycles. The number of benzene rings is 1. The Labute approximate surface area is 96.8 Å². The van der Waals surface area contributed by atoms with E-state index in [9.17, 15) is 9.59 Å². The molecule has 1 aromatic carbocycles. The molecule has 0 aliphatic rings. The summed E-state index contributed by atoms with van der Waals surface area (Å²) in [6.07, 6.45) is 0. The Morgan fingerprint density at radius 1 is 1.21 bits per heavy atom. The number of rotatable bonds is 3. The largest absolute Gasteiger partial charge is 0.480 e. The van der Waals surface area contributed by atoms with Crippen LogP contribution in [0.2, 0.25) is 0 Å². The van der Waals surface area contributed by atoms with Gasteiger partial charge in [-0.25, -0.2) is 0 Å². The van der Waals surface area contributed by atoms with Crippen molar-refractivity contribution in [1.29, 1.82) is 0 Å². The van der Waals surface area contributed by atoms with Gasteiger partial charge in [0.15, 0.2) is 0 Å². The average Bonchev–Trinajstić information content (AvgIpc) is 2.15. The summed E-state index contributed by atoms with van der Waals surface area (Å²) in [5.74, 6) is -1.42. The number of nitrogens with one attached hydrogen (secondary N) is 1. The van der Waals surface area contributed by atoms with Crippen molar-refractivity contribution in [3.05, 3.63) is 35.9 Å². The summed E-state index contributed by atoms with van der Waals surface area (Å²) in [5.41, 5.74) is 0.462. The monoisotopic (exact) mass is 286 g/mol. The van der Waals surface area contributed by atoms with Gasteiger partial charge in [-0.1, -0.05) is 18.2 Å². The average molecular weight is 287 g/mol. The zero-order valence-electron chi connectivity index (χ0n) is 7.16. The zero-order valence-corrected chi connectivity index (χ0v) is 8.64. The summed E-state index contributed by atoms with van der Waals surface area (Å²) < 4.78 is 0. The molecule has 0 atom stereocenters. The maximum absolute atomic E-state index is 11.2. The van der Waals surface area contributed by atoms with E-state index in [0.717, 1.165) is 0 Å². The summed E-state index contributed by atoms with van der Waals surface area (Å²) in [5, 5.41) is 10.6. The fourth-order valence-corrected chi connectivity index (χ4v) is 0.847. The van der Waals surface area contributed by atoms with Crippen LogP contribution in [0.25, 0.3) is 0 Å². The molecular weight excluding hydrogens is 278 g/mol. The van der Waals surface area contributed by atoms with Crippen LogP contribution in [0.15, 0.2) is 30.3 Å². The Kier molecular flexibility index (Phi) is 5.87. The number of carbonyl (C=O) groups is 2. The van der Waals surface area contributed by atoms with Gasteiger partial charge >= 0.3 is 5.97 Å². The standard InChI is InChI=1S/C9H9NO3.Ag/c11-8(12)6-10-9(13)7-4-2-1-3-5-7;/h1-5H,6H2,(H,10,13)(H,11,12);. The number of amides is 1. The van der Waals surface area contributed by atoms with Crippen LogP contribution in [-0.2, 0) is 27.2 Å². The molecule has 5 heteroatoms. The molecule has 0 saturated carbocycles. The zero-order chi connectivity index (χ0) is 9.68. The van der Waals surface area contributed by atoms with E-state index in [1.165, 1.54) is 0 Å². The fourth-order valence-electron chi connectivity index (χ4n) is 0.847. The molecule has 0 aliphatic carbocycles. The molecule has 0 aromatic heterocycles. The van der Waals surface area contributed by atoms with Gasteiger partial charge in [0.25, 0.3) is 5.91 Å². The topological polar surface area (TPSA) is 66.4 Å². The van der Waals surface area contributed by atoms with Crippen molar-refractivity contribution >= 4 is 11.9 Å². The molecule has 1 aromatic rings. The van der Waals surface area contributed by atoms with Gasteiger partial charge in [0, 0.05) is 27.9 Å². The van der Waals surface area contributed by atoms with Gasteiger partial charge in [-0.15, -0.1) is 0 Å². The van der Waals surface area contributed by atoms with E-state index in [-0.39, 0.29) is 34.8 Å². The first kappa shape index (κ1) is 12.9. The third-order valence-corrected chi connectivity index (χ3v) is 1.44. The number of hydrogen-bond donors (Lipinski definition) is 2. The maximum atomic E-state index is 11.2. The first-order valence-corrected chi connectivity index (χ1v) is 3.75. The first-order valence-electron chi connectivity index (χ1n) is 3.75. The Hall–Kier alpha value is -1.10. The van der Waals surface area contributed by atoms with Crippen LogP contribution in [0.1, 0.15) is 10.4 Å². The van der Waals surface area contributed by atoms with Gasteiger partial charge in [0.1, 0.15) is 6.54 Å². The second-order valence-corrected chi connectivity index (χ2v) is 2.44. The Morgan fingerprint density at radius 2 is 1.79 bits per heavy atom. The van der Waals surface area contributed by atoms with E-state index < -0.39 is 5.97 Å². The van der Waals surface area contributed by atoms with Gasteiger partial charge in [0.05, 0.1) is 0 Å². The quantitative estimate of drug-likeness (QED) is 0.795. The van der Waals surface area contributed by atoms with E-state index in [0.29, 0.717) is 5.56 Å². The molecule has 79 valence electrons. The molecule has 1 rings (SSSR count). The maximum Gasteiger partial charge on any atom is 0.322 e. The minimum absolute atomic E-state index is 0. The summed E-state index contributed by atoms with van der Waals surface area (Å²) >= 11 is 0. The van der Waals surface area contributed by atoms with Crippen LogP contribution < -0.4 is 5.32 Å². The normalized spacial score (nSPS) is 8.57. The number of carboxylic acids is 1. The molecule has 0 saturated heterocycles. The van der Waals surface area contributed by atoms with Crippen LogP contribution in [0.5, 0.6) is 0 Å². The second-order valence-electron chi connectivity index (χ2n) is 2.44. The van der Waals surface area contributed by atoms with Gasteiger partial charge in [-0.3, -0.25) is 9.59 Å². The first-order chi connectivity index (χ1) is 6.20. The van der Waals surface area contributed by atoms with Crippen molar-refractivity contribution in [2.75, 3.05) is 6.54 Å². The summed E-state index contributed by atoms with van der Waals surface area (Å²) in [4.78, 5) is 21.3. The number of aliphatic carboxylic acids is 1. The molecule has 14 heavy (non-hydrogen) atoms. The van der Waals surface area contributed by atoms with E-state index in [4.69, 9.17) is 5.11 Å². The molecule has 4 nitrogen and oxygen atoms in total. The van der Waals surface area contributed by atoms with E-state index in [1.807, 2.05) is 0 Å². The van der Waals surface area contributed by atoms with E-state index >= 15 is 0 Å². The van der Waals surface area contributed by atoms with Crippen LogP contribution in [-0.4, -0.2) is 23.5 Å². The minimum atomic E-state index is -1.05. The third kappa shape index (κ3) is 4.23. The molecule has 0 aliphatic heterocycles. The number of hydrogen-bond acceptors (Lipinski definition) is 2. The molecule has 0 bridgehead atoms. The number of carbonyl (C=O) groups excluding carboxylic acids is 1. The summed E-state index contributed by atoms with van der Waals surface area (Å²) in [6.45, 7) is -0.353. The van der Waals surface area contributed by atoms with Crippen LogP contribution in [0.3, 0.4) is 0 Å². The molecule has 0 spiro atoms. The molecule has 2 N–H and O–H groups in total. The third-order valence-electron chi connectivity index (χ3n) is 1.44. The van der Waals surface area contributed by atoms with Gasteiger partial charge in [0.2, 0.25) is 0 Å². The summed E-state index contributed by atoms with van der Waals surface area (Å²) in [7, 11) is 0. The van der Waals surface area contributed by atoms with Gasteiger partial charge in [-0.2, -0.15) is 0 Å². The SMILES string of the molecule is O=C(O)CNC(=O)c1ccccc1.[Ag]. The molecule has 0 unspecified atom stereocenters. The minimum Gasteiger partial charge on any atom is -0.480 e. The molecular formula is C9H9AgNO3. The van der Waals surface area contributed by atoms with Crippen molar-refractivity contribution in [3.63, 3.8) is 0 Å². The van der Waals surface area contributed by atoms with Crippen molar-refractivity contribution in [3.8, 4) is 0 Å². The van der Waals surface area contributed by atoms with E-state index in [1.54, 1.807) is 30.3 Å². The number of carboxylic acid groups (broad SMARTS) is 1. The van der Waals surface area contributed by atoms with Crippen LogP contribution in [0.4, 0.5) is 0 Å². The van der Waals surface area contributed by atoms with Gasteiger partial charge in [-0.05, 0) is 12.1 Å². The molecule has 0 fully saturated rings. The van der Waals surface area contributed by atoms with Crippen molar-refractivity contribution in [1.82, 2.24) is 5.32 Å². The molecule has 1 radical (unpaired) electrons. The second kappa shape index (κ2) is 6.37. The Balaban J connectivity index is 0.00000169. The van der Waals surface area contributed by atoms with Crippen LogP contribution >= 0.6 is 0 Å². The van der Waals surface area contributed by atoms with Crippen LogP contribution in [0, 0.1) is 0 Å². The summed E-state index contributed by atoms with van der Waals surface area (Å²) in [6, 6.07) is 8.47. The smallest absolute Gasteiger partial charge is 0.322 e. The Bertz CT molecular complexity index is 313. The van der Waals surface area contributed by atoms with Gasteiger partial charge < -0.3 is 10.4 Å².